The van der Waals surface area contributed by atoms with Gasteiger partial charge in [-0.3, -0.25) is 4.79 Å². The number of rotatable bonds is 3. The fraction of sp³-hybridized carbons (Fsp3) is 0.583. The van der Waals surface area contributed by atoms with Crippen LogP contribution in [0.25, 0.3) is 0 Å². The Bertz CT molecular complexity index is 355. The second-order valence-corrected chi connectivity index (χ2v) is 4.41. The van der Waals surface area contributed by atoms with E-state index < -0.39 is 0 Å². The molecule has 0 unspecified atom stereocenters. The first kappa shape index (κ1) is 11.0. The molecule has 2 rings (SSSR count). The highest BCUT2D eigenvalue weighted by Gasteiger charge is 2.21. The molecule has 1 aromatic rings. The van der Waals surface area contributed by atoms with E-state index in [9.17, 15) is 4.79 Å². The maximum absolute atomic E-state index is 11.9. The molecule has 0 bridgehead atoms. The highest BCUT2D eigenvalue weighted by atomic mass is 16.1. The molecule has 1 fully saturated rings. The van der Waals surface area contributed by atoms with Crippen molar-refractivity contribution in [3.8, 4) is 0 Å². The monoisotopic (exact) mass is 219 g/mol. The Morgan fingerprint density at radius 2 is 1.88 bits per heavy atom. The molecule has 1 heterocycles. The number of aromatic nitrogens is 2. The summed E-state index contributed by atoms with van der Waals surface area (Å²) in [4.78, 5) is 20.1. The van der Waals surface area contributed by atoms with Crippen LogP contribution in [-0.2, 0) is 11.2 Å². The molecule has 4 nitrogen and oxygen atoms in total. The van der Waals surface area contributed by atoms with E-state index in [1.54, 1.807) is 12.4 Å². The second kappa shape index (κ2) is 5.05. The maximum atomic E-state index is 11.9. The summed E-state index contributed by atoms with van der Waals surface area (Å²) >= 11 is 0. The lowest BCUT2D eigenvalue weighted by Gasteiger charge is -2.19. The lowest BCUT2D eigenvalue weighted by atomic mass is 9.85. The molecule has 2 N–H and O–H groups in total. The van der Waals surface area contributed by atoms with Gasteiger partial charge in [-0.1, -0.05) is 19.3 Å². The minimum Gasteiger partial charge on any atom is -0.396 e. The predicted molar refractivity (Wildman–Crippen MR) is 61.7 cm³/mol. The SMILES string of the molecule is Nc1cnc(CC(=O)C2CCCCC2)nc1. The van der Waals surface area contributed by atoms with Gasteiger partial charge in [-0.05, 0) is 12.8 Å². The molecular formula is C12H17N3O. The molecule has 86 valence electrons. The van der Waals surface area contributed by atoms with Gasteiger partial charge in [0, 0.05) is 5.92 Å². The number of nitrogens with two attached hydrogens (primary N) is 1. The third-order valence-corrected chi connectivity index (χ3v) is 3.12. The Balaban J connectivity index is 1.93. The van der Waals surface area contributed by atoms with E-state index in [1.165, 1.54) is 19.3 Å². The lowest BCUT2D eigenvalue weighted by Crippen LogP contribution is -2.20. The van der Waals surface area contributed by atoms with Gasteiger partial charge >= 0.3 is 0 Å². The zero-order valence-electron chi connectivity index (χ0n) is 9.35. The van der Waals surface area contributed by atoms with E-state index in [1.807, 2.05) is 0 Å². The van der Waals surface area contributed by atoms with Gasteiger partial charge in [0.05, 0.1) is 24.5 Å². The molecule has 0 aliphatic heterocycles. The third-order valence-electron chi connectivity index (χ3n) is 3.12. The molecular weight excluding hydrogens is 202 g/mol. The van der Waals surface area contributed by atoms with Crippen molar-refractivity contribution < 1.29 is 4.79 Å². The Morgan fingerprint density at radius 1 is 1.25 bits per heavy atom. The van der Waals surface area contributed by atoms with E-state index in [2.05, 4.69) is 9.97 Å². The van der Waals surface area contributed by atoms with Gasteiger partial charge in [0.25, 0.3) is 0 Å². The van der Waals surface area contributed by atoms with Gasteiger partial charge in [0.15, 0.2) is 0 Å². The molecule has 0 saturated heterocycles. The van der Waals surface area contributed by atoms with Crippen molar-refractivity contribution in [2.75, 3.05) is 5.73 Å². The van der Waals surface area contributed by atoms with Crippen molar-refractivity contribution in [3.63, 3.8) is 0 Å². The van der Waals surface area contributed by atoms with Crippen LogP contribution < -0.4 is 5.73 Å². The van der Waals surface area contributed by atoms with Crippen molar-refractivity contribution >= 4 is 11.5 Å². The molecule has 16 heavy (non-hydrogen) atoms. The minimum absolute atomic E-state index is 0.231. The summed E-state index contributed by atoms with van der Waals surface area (Å²) in [6.45, 7) is 0. The van der Waals surface area contributed by atoms with Crippen molar-refractivity contribution in [3.05, 3.63) is 18.2 Å². The molecule has 4 heteroatoms. The highest BCUT2D eigenvalue weighted by molar-refractivity contribution is 5.82. The van der Waals surface area contributed by atoms with E-state index >= 15 is 0 Å². The minimum atomic E-state index is 0.231. The number of nitrogens with zero attached hydrogens (tertiary/aromatic N) is 2. The van der Waals surface area contributed by atoms with Gasteiger partial charge in [-0.25, -0.2) is 9.97 Å². The van der Waals surface area contributed by atoms with Crippen molar-refractivity contribution in [2.24, 2.45) is 5.92 Å². The zero-order valence-corrected chi connectivity index (χ0v) is 9.35. The number of hydrogen-bond donors (Lipinski definition) is 1. The number of hydrogen-bond acceptors (Lipinski definition) is 4. The zero-order chi connectivity index (χ0) is 11.4. The van der Waals surface area contributed by atoms with Gasteiger partial charge in [0.1, 0.15) is 11.6 Å². The summed E-state index contributed by atoms with van der Waals surface area (Å²) in [5.41, 5.74) is 6.03. The van der Waals surface area contributed by atoms with Crippen LogP contribution in [0.5, 0.6) is 0 Å². The van der Waals surface area contributed by atoms with Crippen LogP contribution >= 0.6 is 0 Å². The number of Topliss-reactive ketones (excluding diaryl/α,β-unsaturated/α-hetero) is 1. The molecule has 0 aromatic carbocycles. The summed E-state index contributed by atoms with van der Waals surface area (Å²) in [6, 6.07) is 0. The smallest absolute Gasteiger partial charge is 0.143 e. The summed E-state index contributed by atoms with van der Waals surface area (Å²) < 4.78 is 0. The first-order valence-electron chi connectivity index (χ1n) is 5.85. The molecule has 1 saturated carbocycles. The first-order chi connectivity index (χ1) is 7.75. The second-order valence-electron chi connectivity index (χ2n) is 4.41. The van der Waals surface area contributed by atoms with E-state index in [0.29, 0.717) is 17.9 Å². The molecule has 0 radical (unpaired) electrons. The number of anilines is 1. The maximum Gasteiger partial charge on any atom is 0.143 e. The number of carbonyl (C=O) groups excluding carboxylic acids is 1. The molecule has 0 spiro atoms. The quantitative estimate of drug-likeness (QED) is 0.840. The van der Waals surface area contributed by atoms with Crippen LogP contribution in [0.3, 0.4) is 0 Å². The topological polar surface area (TPSA) is 68.9 Å². The van der Waals surface area contributed by atoms with E-state index in [0.717, 1.165) is 12.8 Å². The molecule has 1 aliphatic rings. The van der Waals surface area contributed by atoms with Crippen LogP contribution in [0.4, 0.5) is 5.69 Å². The van der Waals surface area contributed by atoms with Gasteiger partial charge < -0.3 is 5.73 Å². The fourth-order valence-electron chi connectivity index (χ4n) is 2.18. The van der Waals surface area contributed by atoms with Gasteiger partial charge in [0.2, 0.25) is 0 Å². The van der Waals surface area contributed by atoms with Crippen molar-refractivity contribution in [2.45, 2.75) is 38.5 Å². The van der Waals surface area contributed by atoms with Gasteiger partial charge in [-0.2, -0.15) is 0 Å². The normalized spacial score (nSPS) is 17.2. The Labute approximate surface area is 95.3 Å². The Morgan fingerprint density at radius 3 is 2.50 bits per heavy atom. The molecule has 0 amide bonds. The summed E-state index contributed by atoms with van der Waals surface area (Å²) in [5, 5.41) is 0. The highest BCUT2D eigenvalue weighted by Crippen LogP contribution is 2.25. The average molecular weight is 219 g/mol. The Hall–Kier alpha value is -1.45. The summed E-state index contributed by atoms with van der Waals surface area (Å²) in [6.07, 6.45) is 9.15. The van der Waals surface area contributed by atoms with Crippen LogP contribution in [-0.4, -0.2) is 15.8 Å². The summed E-state index contributed by atoms with van der Waals surface area (Å²) in [7, 11) is 0. The first-order valence-corrected chi connectivity index (χ1v) is 5.85. The third kappa shape index (κ3) is 2.78. The van der Waals surface area contributed by atoms with Crippen LogP contribution in [0.2, 0.25) is 0 Å². The van der Waals surface area contributed by atoms with E-state index in [-0.39, 0.29) is 11.7 Å². The average Bonchev–Trinajstić information content (AvgIpc) is 2.33. The van der Waals surface area contributed by atoms with Crippen molar-refractivity contribution in [1.29, 1.82) is 0 Å². The fourth-order valence-corrected chi connectivity index (χ4v) is 2.18. The van der Waals surface area contributed by atoms with Crippen LogP contribution in [0.1, 0.15) is 37.9 Å². The van der Waals surface area contributed by atoms with Gasteiger partial charge in [-0.15, -0.1) is 0 Å². The number of carbonyl (C=O) groups is 1. The molecule has 1 aliphatic carbocycles. The van der Waals surface area contributed by atoms with Crippen LogP contribution in [0, 0.1) is 5.92 Å². The number of ketones is 1. The standard InChI is InChI=1S/C12H17N3O/c13-10-7-14-12(15-8-10)6-11(16)9-4-2-1-3-5-9/h7-9H,1-6,13H2. The molecule has 1 aromatic heterocycles. The Kier molecular flexibility index (Phi) is 3.49. The number of nitrogen functional groups attached to an aromatic ring is 1. The molecule has 0 atom stereocenters. The van der Waals surface area contributed by atoms with Crippen molar-refractivity contribution in [1.82, 2.24) is 9.97 Å². The predicted octanol–water partition coefficient (Wildman–Crippen LogP) is 1.75. The summed E-state index contributed by atoms with van der Waals surface area (Å²) in [5.74, 6) is 1.10. The lowest BCUT2D eigenvalue weighted by molar-refractivity contribution is -0.123. The van der Waals surface area contributed by atoms with Crippen LogP contribution in [0.15, 0.2) is 12.4 Å². The largest absolute Gasteiger partial charge is 0.396 e. The van der Waals surface area contributed by atoms with E-state index in [4.69, 9.17) is 5.73 Å².